The molecule has 10 heteroatoms. The maximum Gasteiger partial charge on any atom is 0.382 e. The van der Waals surface area contributed by atoms with Gasteiger partial charge in [-0.25, -0.2) is 0 Å². The van der Waals surface area contributed by atoms with Crippen LogP contribution in [-0.4, -0.2) is 11.8 Å². The van der Waals surface area contributed by atoms with Crippen molar-refractivity contribution < 1.29 is 35.1 Å². The van der Waals surface area contributed by atoms with E-state index in [1.807, 2.05) is 0 Å². The predicted octanol–water partition coefficient (Wildman–Crippen LogP) is 8.04. The highest BCUT2D eigenvalue weighted by molar-refractivity contribution is 5.58. The molecule has 0 unspecified atom stereocenters. The van der Waals surface area contributed by atoms with Crippen molar-refractivity contribution in [3.8, 4) is 0 Å². The molecule has 202 valence electrons. The van der Waals surface area contributed by atoms with Gasteiger partial charge in [0.05, 0.1) is 0 Å². The molecule has 0 spiro atoms. The highest BCUT2D eigenvalue weighted by Gasteiger charge is 2.81. The molecule has 36 heavy (non-hydrogen) atoms. The number of benzene rings is 2. The molecule has 0 aromatic heterocycles. The Balaban J connectivity index is 2.70. The van der Waals surface area contributed by atoms with Crippen molar-refractivity contribution >= 4 is 11.4 Å². The lowest BCUT2D eigenvalue weighted by Gasteiger charge is -2.37. The minimum absolute atomic E-state index is 0.0387. The van der Waals surface area contributed by atoms with Crippen LogP contribution in [0.5, 0.6) is 0 Å². The zero-order valence-electron chi connectivity index (χ0n) is 20.7. The number of anilines is 2. The van der Waals surface area contributed by atoms with Gasteiger partial charge in [-0.2, -0.15) is 35.1 Å². The van der Waals surface area contributed by atoms with Gasteiger partial charge in [0.15, 0.2) is 0 Å². The molecule has 2 aromatic rings. The lowest BCUT2D eigenvalue weighted by atomic mass is 9.86. The Hall–Kier alpha value is -2.52. The molecule has 0 radical (unpaired) electrons. The third kappa shape index (κ3) is 4.75. The van der Waals surface area contributed by atoms with E-state index in [-0.39, 0.29) is 59.3 Å². The number of hydrogen-bond donors (Lipinski definition) is 2. The largest absolute Gasteiger partial charge is 0.398 e. The van der Waals surface area contributed by atoms with Gasteiger partial charge in [-0.1, -0.05) is 40.5 Å². The number of aryl methyl sites for hydroxylation is 4. The number of alkyl halides is 8. The van der Waals surface area contributed by atoms with Gasteiger partial charge in [-0.15, -0.1) is 0 Å². The van der Waals surface area contributed by atoms with Crippen molar-refractivity contribution in [2.75, 3.05) is 11.5 Å². The van der Waals surface area contributed by atoms with Crippen molar-refractivity contribution in [3.63, 3.8) is 0 Å². The van der Waals surface area contributed by atoms with Crippen LogP contribution in [0.3, 0.4) is 0 Å². The van der Waals surface area contributed by atoms with E-state index in [1.54, 1.807) is 13.8 Å². The number of halogens is 8. The third-order valence-electron chi connectivity index (χ3n) is 6.41. The van der Waals surface area contributed by atoms with E-state index in [2.05, 4.69) is 0 Å². The summed E-state index contributed by atoms with van der Waals surface area (Å²) in [4.78, 5) is 0. The topological polar surface area (TPSA) is 52.0 Å². The number of hydrogen-bond acceptors (Lipinski definition) is 2. The monoisotopic (exact) mass is 524 g/mol. The molecule has 0 saturated carbocycles. The fourth-order valence-electron chi connectivity index (χ4n) is 4.21. The first-order chi connectivity index (χ1) is 16.5. The number of nitrogens with two attached hydrogens (primary N) is 2. The molecule has 0 aliphatic rings. The van der Waals surface area contributed by atoms with Crippen LogP contribution < -0.4 is 11.5 Å². The summed E-state index contributed by atoms with van der Waals surface area (Å²) in [5.41, 5.74) is 9.18. The summed E-state index contributed by atoms with van der Waals surface area (Å²) in [6.07, 6.45) is 1.15. The Kier molecular flexibility index (Phi) is 8.63. The molecule has 0 aliphatic heterocycles. The molecule has 2 rings (SSSR count). The smallest absolute Gasteiger partial charge is 0.382 e. The average Bonchev–Trinajstić information content (AvgIpc) is 2.81. The van der Waals surface area contributed by atoms with Crippen molar-refractivity contribution in [1.82, 2.24) is 0 Å². The quantitative estimate of drug-likeness (QED) is 0.231. The summed E-state index contributed by atoms with van der Waals surface area (Å²) in [7, 11) is 0. The van der Waals surface area contributed by atoms with Crippen molar-refractivity contribution in [2.45, 2.75) is 89.9 Å². The normalized spacial score (nSPS) is 13.3. The second kappa shape index (κ2) is 10.5. The maximum atomic E-state index is 15.1. The molecule has 0 saturated heterocycles. The summed E-state index contributed by atoms with van der Waals surface area (Å²) < 4.78 is 120. The Morgan fingerprint density at radius 3 is 1.06 bits per heavy atom. The van der Waals surface area contributed by atoms with Gasteiger partial charge in [0.1, 0.15) is 0 Å². The molecule has 0 fully saturated rings. The van der Waals surface area contributed by atoms with E-state index in [0.29, 0.717) is 37.1 Å². The van der Waals surface area contributed by atoms with Gasteiger partial charge < -0.3 is 11.5 Å². The zero-order chi connectivity index (χ0) is 27.7. The number of rotatable bonds is 11. The maximum absolute atomic E-state index is 15.1. The number of nitrogen functional groups attached to an aromatic ring is 2. The lowest BCUT2D eigenvalue weighted by Crippen LogP contribution is -2.59. The van der Waals surface area contributed by atoms with E-state index < -0.39 is 34.8 Å². The van der Waals surface area contributed by atoms with Gasteiger partial charge in [0.2, 0.25) is 0 Å². The molecule has 0 heterocycles. The van der Waals surface area contributed by atoms with Gasteiger partial charge in [-0.3, -0.25) is 0 Å². The summed E-state index contributed by atoms with van der Waals surface area (Å²) in [6.45, 7) is 6.40. The van der Waals surface area contributed by atoms with Gasteiger partial charge in [-0.05, 0) is 72.2 Å². The highest BCUT2D eigenvalue weighted by Crippen LogP contribution is 2.59. The van der Waals surface area contributed by atoms with E-state index in [4.69, 9.17) is 11.5 Å². The standard InChI is InChI=1S/C26H32F8N2/c1-5-9-17-13-19(11-15(7-3)21(17)35)23(27,28)25(31,32)26(33,34)24(29,30)20-12-16(8-4)22(36)18(14-20)10-6-2/h11-14H,5-10,35-36H2,1-4H3. The van der Waals surface area contributed by atoms with E-state index in [1.165, 1.54) is 13.8 Å². The second-order valence-electron chi connectivity index (χ2n) is 8.92. The molecule has 0 aliphatic carbocycles. The molecule has 4 N–H and O–H groups in total. The van der Waals surface area contributed by atoms with Crippen molar-refractivity contribution in [2.24, 2.45) is 0 Å². The SMILES string of the molecule is CCCc1cc(C(F)(F)C(F)(F)C(F)(F)C(F)(F)c2cc(CC)c(N)c(CCC)c2)cc(CC)c1N. The summed E-state index contributed by atoms with van der Waals surface area (Å²) in [5, 5.41) is 0. The molecule has 0 atom stereocenters. The Morgan fingerprint density at radius 2 is 0.806 bits per heavy atom. The van der Waals surface area contributed by atoms with Crippen LogP contribution >= 0.6 is 0 Å². The van der Waals surface area contributed by atoms with Crippen LogP contribution in [0.2, 0.25) is 0 Å². The predicted molar refractivity (Wildman–Crippen MR) is 126 cm³/mol. The fourth-order valence-corrected chi connectivity index (χ4v) is 4.21. The lowest BCUT2D eigenvalue weighted by molar-refractivity contribution is -0.374. The highest BCUT2D eigenvalue weighted by atomic mass is 19.4. The van der Waals surface area contributed by atoms with Crippen LogP contribution in [0.15, 0.2) is 24.3 Å². The van der Waals surface area contributed by atoms with Gasteiger partial charge in [0, 0.05) is 22.5 Å². The Labute approximate surface area is 206 Å². The fraction of sp³-hybridized carbons (Fsp3) is 0.538. The second-order valence-corrected chi connectivity index (χ2v) is 8.92. The van der Waals surface area contributed by atoms with Crippen LogP contribution in [0.4, 0.5) is 46.5 Å². The minimum atomic E-state index is -6.45. The summed E-state index contributed by atoms with van der Waals surface area (Å²) in [5.74, 6) is -24.2. The average molecular weight is 525 g/mol. The van der Waals surface area contributed by atoms with E-state index in [0.717, 1.165) is 0 Å². The van der Waals surface area contributed by atoms with E-state index >= 15 is 17.6 Å². The zero-order valence-corrected chi connectivity index (χ0v) is 20.7. The van der Waals surface area contributed by atoms with Crippen LogP contribution in [0.1, 0.15) is 73.9 Å². The first-order valence-electron chi connectivity index (χ1n) is 11.9. The first-order valence-corrected chi connectivity index (χ1v) is 11.9. The van der Waals surface area contributed by atoms with Crippen molar-refractivity contribution in [3.05, 3.63) is 57.6 Å². The molecular formula is C26H32F8N2. The van der Waals surface area contributed by atoms with Crippen molar-refractivity contribution in [1.29, 1.82) is 0 Å². The Morgan fingerprint density at radius 1 is 0.528 bits per heavy atom. The van der Waals surface area contributed by atoms with Gasteiger partial charge >= 0.3 is 23.7 Å². The molecule has 2 nitrogen and oxygen atoms in total. The first kappa shape index (κ1) is 29.7. The van der Waals surface area contributed by atoms with Gasteiger partial charge in [0.25, 0.3) is 0 Å². The molecular weight excluding hydrogens is 492 g/mol. The molecule has 0 amide bonds. The minimum Gasteiger partial charge on any atom is -0.398 e. The van der Waals surface area contributed by atoms with Crippen LogP contribution in [0.25, 0.3) is 0 Å². The summed E-state index contributed by atoms with van der Waals surface area (Å²) in [6, 6.07) is 2.35. The summed E-state index contributed by atoms with van der Waals surface area (Å²) >= 11 is 0. The Bertz CT molecular complexity index is 995. The molecule has 2 aromatic carbocycles. The van der Waals surface area contributed by atoms with Crippen LogP contribution in [0, 0.1) is 0 Å². The molecule has 0 bridgehead atoms. The van der Waals surface area contributed by atoms with E-state index in [9.17, 15) is 17.6 Å². The third-order valence-corrected chi connectivity index (χ3v) is 6.41. The van der Waals surface area contributed by atoms with Crippen LogP contribution in [-0.2, 0) is 37.5 Å².